The number of halogens is 1. The Balaban J connectivity index is 1.68. The van der Waals surface area contributed by atoms with Crippen LogP contribution < -0.4 is 14.8 Å². The van der Waals surface area contributed by atoms with Crippen molar-refractivity contribution in [3.8, 4) is 11.5 Å². The van der Waals surface area contributed by atoms with Crippen LogP contribution in [0.1, 0.15) is 19.8 Å². The fourth-order valence-corrected chi connectivity index (χ4v) is 2.73. The molecule has 8 heteroatoms. The summed E-state index contributed by atoms with van der Waals surface area (Å²) in [4.78, 5) is 25.5. The number of rotatable bonds is 8. The highest BCUT2D eigenvalue weighted by atomic mass is 35.5. The van der Waals surface area contributed by atoms with Crippen LogP contribution in [0.3, 0.4) is 0 Å². The molecule has 1 fully saturated rings. The zero-order valence-electron chi connectivity index (χ0n) is 14.9. The summed E-state index contributed by atoms with van der Waals surface area (Å²) in [5.41, 5.74) is 0. The molecule has 1 aromatic carbocycles. The average molecular weight is 385 g/mol. The van der Waals surface area contributed by atoms with E-state index in [9.17, 15) is 9.59 Å². The van der Waals surface area contributed by atoms with Crippen molar-refractivity contribution in [3.63, 3.8) is 0 Å². The van der Waals surface area contributed by atoms with Gasteiger partial charge in [0.1, 0.15) is 18.1 Å². The first-order valence-corrected chi connectivity index (χ1v) is 9.28. The first kappa shape index (κ1) is 20.2. The second-order valence-corrected chi connectivity index (χ2v) is 6.20. The van der Waals surface area contributed by atoms with Crippen LogP contribution in [0.15, 0.2) is 24.3 Å². The van der Waals surface area contributed by atoms with Gasteiger partial charge in [0.15, 0.2) is 6.61 Å². The van der Waals surface area contributed by atoms with Crippen molar-refractivity contribution in [2.24, 2.45) is 0 Å². The number of nitrogens with zero attached hydrogens (tertiary/aromatic N) is 1. The van der Waals surface area contributed by atoms with Crippen LogP contribution in [0.2, 0.25) is 0 Å². The highest BCUT2D eigenvalue weighted by Gasteiger charge is 2.24. The largest absolute Gasteiger partial charge is 0.494 e. The minimum atomic E-state index is -0.464. The molecule has 0 aliphatic carbocycles. The van der Waals surface area contributed by atoms with Gasteiger partial charge in [0, 0.05) is 19.1 Å². The third kappa shape index (κ3) is 6.63. The quantitative estimate of drug-likeness (QED) is 0.696. The molecule has 2 rings (SSSR count). The summed E-state index contributed by atoms with van der Waals surface area (Å²) in [6.45, 7) is 3.85. The molecule has 26 heavy (non-hydrogen) atoms. The lowest BCUT2D eigenvalue weighted by Gasteiger charge is -2.32. The van der Waals surface area contributed by atoms with E-state index in [4.69, 9.17) is 25.8 Å². The number of nitrogens with one attached hydrogen (secondary N) is 1. The maximum Gasteiger partial charge on any atom is 0.407 e. The Bertz CT molecular complexity index is 573. The Hall–Kier alpha value is -2.15. The number of hydrogen-bond donors (Lipinski definition) is 1. The van der Waals surface area contributed by atoms with Crippen molar-refractivity contribution in [1.82, 2.24) is 10.2 Å². The minimum absolute atomic E-state index is 0.00824. The zero-order valence-corrected chi connectivity index (χ0v) is 15.7. The maximum atomic E-state index is 12.3. The molecule has 0 saturated carbocycles. The highest BCUT2D eigenvalue weighted by Crippen LogP contribution is 2.18. The lowest BCUT2D eigenvalue weighted by Crippen LogP contribution is -2.47. The van der Waals surface area contributed by atoms with Crippen LogP contribution in [0, 0.1) is 0 Å². The van der Waals surface area contributed by atoms with Gasteiger partial charge >= 0.3 is 6.09 Å². The molecule has 144 valence electrons. The lowest BCUT2D eigenvalue weighted by atomic mass is 10.1. The first-order chi connectivity index (χ1) is 12.6. The lowest BCUT2D eigenvalue weighted by molar-refractivity contribution is -0.134. The van der Waals surface area contributed by atoms with Gasteiger partial charge in [-0.2, -0.15) is 0 Å². The number of likely N-dealkylation sites (tertiary alicyclic amines) is 1. The van der Waals surface area contributed by atoms with Gasteiger partial charge in [-0.05, 0) is 44.0 Å². The normalized spacial score (nSPS) is 14.6. The van der Waals surface area contributed by atoms with Crippen molar-refractivity contribution >= 4 is 23.6 Å². The van der Waals surface area contributed by atoms with Crippen LogP contribution in [-0.2, 0) is 9.53 Å². The monoisotopic (exact) mass is 384 g/mol. The van der Waals surface area contributed by atoms with Crippen molar-refractivity contribution in [2.45, 2.75) is 25.8 Å². The molecule has 0 radical (unpaired) electrons. The van der Waals surface area contributed by atoms with Crippen molar-refractivity contribution in [1.29, 1.82) is 0 Å². The number of ether oxygens (including phenoxy) is 3. The van der Waals surface area contributed by atoms with E-state index in [1.54, 1.807) is 17.0 Å². The molecule has 1 N–H and O–H groups in total. The Labute approximate surface area is 158 Å². The molecule has 0 bridgehead atoms. The van der Waals surface area contributed by atoms with E-state index in [1.807, 2.05) is 19.1 Å². The zero-order chi connectivity index (χ0) is 18.8. The third-order valence-corrected chi connectivity index (χ3v) is 4.13. The van der Waals surface area contributed by atoms with Crippen LogP contribution in [0.5, 0.6) is 11.5 Å². The Kier molecular flexibility index (Phi) is 8.34. The molecule has 0 aromatic heterocycles. The number of carbonyl (C=O) groups excluding carboxylic acids is 2. The Morgan fingerprint density at radius 3 is 2.35 bits per heavy atom. The maximum absolute atomic E-state index is 12.3. The van der Waals surface area contributed by atoms with Crippen LogP contribution in [0.25, 0.3) is 0 Å². The number of alkyl halides is 1. The van der Waals surface area contributed by atoms with Crippen LogP contribution in [-0.4, -0.2) is 61.7 Å². The number of alkyl carbamates (subject to hydrolysis) is 1. The van der Waals surface area contributed by atoms with E-state index in [-0.39, 0.29) is 31.0 Å². The van der Waals surface area contributed by atoms with Crippen molar-refractivity contribution in [3.05, 3.63) is 24.3 Å². The summed E-state index contributed by atoms with van der Waals surface area (Å²) in [6, 6.07) is 7.18. The summed E-state index contributed by atoms with van der Waals surface area (Å²) in [7, 11) is 0. The molecule has 1 saturated heterocycles. The molecule has 1 aliphatic heterocycles. The Morgan fingerprint density at radius 2 is 1.77 bits per heavy atom. The second-order valence-electron chi connectivity index (χ2n) is 5.82. The number of benzene rings is 1. The molecule has 1 heterocycles. The molecule has 0 atom stereocenters. The van der Waals surface area contributed by atoms with Gasteiger partial charge in [-0.3, -0.25) is 4.79 Å². The van der Waals surface area contributed by atoms with Gasteiger partial charge in [0.25, 0.3) is 5.91 Å². The average Bonchev–Trinajstić information content (AvgIpc) is 2.66. The molecule has 7 nitrogen and oxygen atoms in total. The van der Waals surface area contributed by atoms with E-state index >= 15 is 0 Å². The molecule has 1 aliphatic rings. The molecule has 2 amide bonds. The number of amides is 2. The SMILES string of the molecule is CCOc1ccc(OCC(=O)N2CCC(NC(=O)OCCCl)CC2)cc1. The van der Waals surface area contributed by atoms with E-state index in [0.717, 1.165) is 5.75 Å². The topological polar surface area (TPSA) is 77.1 Å². The van der Waals surface area contributed by atoms with Gasteiger partial charge in [-0.1, -0.05) is 0 Å². The summed E-state index contributed by atoms with van der Waals surface area (Å²) in [5, 5.41) is 2.79. The third-order valence-electron chi connectivity index (χ3n) is 3.98. The van der Waals surface area contributed by atoms with Gasteiger partial charge in [-0.15, -0.1) is 11.6 Å². The van der Waals surface area contributed by atoms with Crippen molar-refractivity contribution in [2.75, 3.05) is 38.8 Å². The number of piperidine rings is 1. The molecule has 1 aromatic rings. The summed E-state index contributed by atoms with van der Waals surface area (Å²) in [6.07, 6.45) is 0.907. The van der Waals surface area contributed by atoms with E-state index in [1.165, 1.54) is 0 Å². The fourth-order valence-electron chi connectivity index (χ4n) is 2.65. The van der Waals surface area contributed by atoms with E-state index < -0.39 is 6.09 Å². The summed E-state index contributed by atoms with van der Waals surface area (Å²) >= 11 is 5.47. The summed E-state index contributed by atoms with van der Waals surface area (Å²) in [5.74, 6) is 1.60. The highest BCUT2D eigenvalue weighted by molar-refractivity contribution is 6.18. The molecular weight excluding hydrogens is 360 g/mol. The molecule has 0 spiro atoms. The fraction of sp³-hybridized carbons (Fsp3) is 0.556. The van der Waals surface area contributed by atoms with Gasteiger partial charge < -0.3 is 24.4 Å². The first-order valence-electron chi connectivity index (χ1n) is 8.75. The van der Waals surface area contributed by atoms with Gasteiger partial charge in [-0.25, -0.2) is 4.79 Å². The Morgan fingerprint density at radius 1 is 1.15 bits per heavy atom. The molecule has 0 unspecified atom stereocenters. The minimum Gasteiger partial charge on any atom is -0.494 e. The molecular formula is C18H25ClN2O5. The van der Waals surface area contributed by atoms with Crippen LogP contribution in [0.4, 0.5) is 4.79 Å². The van der Waals surface area contributed by atoms with Gasteiger partial charge in [0.05, 0.1) is 12.5 Å². The number of hydrogen-bond acceptors (Lipinski definition) is 5. The van der Waals surface area contributed by atoms with Crippen molar-refractivity contribution < 1.29 is 23.8 Å². The predicted molar refractivity (Wildman–Crippen MR) is 97.9 cm³/mol. The smallest absolute Gasteiger partial charge is 0.407 e. The number of carbonyl (C=O) groups is 2. The predicted octanol–water partition coefficient (Wildman–Crippen LogP) is 2.42. The summed E-state index contributed by atoms with van der Waals surface area (Å²) < 4.78 is 15.8. The van der Waals surface area contributed by atoms with E-state index in [2.05, 4.69) is 5.32 Å². The standard InChI is InChI=1S/C18H25ClN2O5/c1-2-24-15-3-5-16(6-4-15)26-13-17(22)21-10-7-14(8-11-21)20-18(23)25-12-9-19/h3-6,14H,2,7-13H2,1H3,(H,20,23). The van der Waals surface area contributed by atoms with Crippen LogP contribution >= 0.6 is 11.6 Å². The van der Waals surface area contributed by atoms with Gasteiger partial charge in [0.2, 0.25) is 0 Å². The van der Waals surface area contributed by atoms with E-state index in [0.29, 0.717) is 38.3 Å². The second kappa shape index (κ2) is 10.8.